The summed E-state index contributed by atoms with van der Waals surface area (Å²) in [6.07, 6.45) is 7.87. The Morgan fingerprint density at radius 3 is 1.40 bits per heavy atom. The molecule has 14 heteroatoms. The fourth-order valence-electron chi connectivity index (χ4n) is 9.53. The van der Waals surface area contributed by atoms with Crippen LogP contribution in [0, 0.1) is 37.5 Å². The summed E-state index contributed by atoms with van der Waals surface area (Å²) in [7, 11) is 3.16. The average Bonchev–Trinajstić information content (AvgIpc) is 3.09. The molecular formula is C38H48B2N6O4S2. The highest BCUT2D eigenvalue weighted by Crippen LogP contribution is 2.43. The number of benzene rings is 2. The highest BCUT2D eigenvalue weighted by Gasteiger charge is 2.44. The van der Waals surface area contributed by atoms with Crippen molar-refractivity contribution in [2.45, 2.75) is 77.5 Å². The number of hydrogen-bond acceptors (Lipinski definition) is 8. The number of fused-ring (bicyclic) bond motifs is 8. The van der Waals surface area contributed by atoms with E-state index in [4.69, 9.17) is 14.2 Å². The van der Waals surface area contributed by atoms with Crippen molar-refractivity contribution in [2.75, 3.05) is 26.2 Å². The predicted molar refractivity (Wildman–Crippen MR) is 209 cm³/mol. The first kappa shape index (κ1) is 37.4. The second-order valence-corrected chi connectivity index (χ2v) is 18.4. The van der Waals surface area contributed by atoms with Gasteiger partial charge in [0.1, 0.15) is 19.7 Å². The molecule has 8 heterocycles. The van der Waals surface area contributed by atoms with Crippen molar-refractivity contribution in [1.82, 2.24) is 29.2 Å². The molecule has 6 aliphatic rings. The smallest absolute Gasteiger partial charge is 0.277 e. The normalized spacial score (nSPS) is 29.8. The molecule has 4 radical (unpaired) electrons. The molecule has 10 atom stereocenters. The summed E-state index contributed by atoms with van der Waals surface area (Å²) in [5.74, 6) is 2.60. The van der Waals surface area contributed by atoms with E-state index in [-0.39, 0.29) is 24.2 Å². The quantitative estimate of drug-likeness (QED) is 0.251. The molecule has 10 nitrogen and oxygen atoms in total. The SMILES string of the molecule is [B]S(=O)(=O)N[C@@H](c1ccnc2ccc(C)cc12)C1CC2CCN1CC2C.[B]S(=O)(=O)N[C@H](c1ccnc2ccc(C)cc12)C1CC2CCN1CC2C. The van der Waals surface area contributed by atoms with Crippen LogP contribution in [-0.2, 0) is 19.7 Å². The lowest BCUT2D eigenvalue weighted by Crippen LogP contribution is -2.57. The number of aromatic nitrogens is 2. The Morgan fingerprint density at radius 1 is 0.673 bits per heavy atom. The minimum atomic E-state index is -3.83. The summed E-state index contributed by atoms with van der Waals surface area (Å²) in [4.78, 5) is 13.7. The van der Waals surface area contributed by atoms with E-state index >= 15 is 0 Å². The molecule has 52 heavy (non-hydrogen) atoms. The van der Waals surface area contributed by atoms with Crippen LogP contribution in [0.1, 0.15) is 73.9 Å². The molecule has 6 saturated heterocycles. The summed E-state index contributed by atoms with van der Waals surface area (Å²) in [5, 5.41) is 1.98. The Labute approximate surface area is 311 Å². The standard InChI is InChI=1S/2C19H24BN3O2S/c2*1-12-3-4-17-16(9-12)15(5-7-21-17)19(22-26(20,24)25)18-10-14-6-8-23(18)11-13(14)2/h2*3-5,7,9,13-14,18-19,22H,6,8,10-11H2,1-2H3/t2*13?,14?,18?,19-/m10/s1. The fraction of sp³-hybridized carbons (Fsp3) is 0.526. The van der Waals surface area contributed by atoms with Gasteiger partial charge >= 0.3 is 0 Å². The van der Waals surface area contributed by atoms with Crippen molar-refractivity contribution in [3.05, 3.63) is 83.2 Å². The fourth-order valence-corrected chi connectivity index (χ4v) is 10.8. The van der Waals surface area contributed by atoms with Gasteiger partial charge < -0.3 is 0 Å². The van der Waals surface area contributed by atoms with Crippen LogP contribution in [0.3, 0.4) is 0 Å². The van der Waals surface area contributed by atoms with Gasteiger partial charge in [0, 0.05) is 48.3 Å². The van der Waals surface area contributed by atoms with E-state index < -0.39 is 19.7 Å². The number of pyridine rings is 2. The average molecular weight is 739 g/mol. The van der Waals surface area contributed by atoms with Crippen molar-refractivity contribution in [2.24, 2.45) is 23.7 Å². The Morgan fingerprint density at radius 2 is 1.08 bits per heavy atom. The van der Waals surface area contributed by atoms with Crippen LogP contribution >= 0.6 is 0 Å². The number of nitrogens with zero attached hydrogens (tertiary/aromatic N) is 4. The van der Waals surface area contributed by atoms with Gasteiger partial charge in [0.2, 0.25) is 0 Å². The zero-order valence-corrected chi connectivity index (χ0v) is 32.1. The number of rotatable bonds is 8. The summed E-state index contributed by atoms with van der Waals surface area (Å²) < 4.78 is 53.3. The predicted octanol–water partition coefficient (Wildman–Crippen LogP) is 4.64. The molecule has 8 unspecified atom stereocenters. The first-order valence-corrected chi connectivity index (χ1v) is 21.5. The highest BCUT2D eigenvalue weighted by molar-refractivity contribution is 8.11. The van der Waals surface area contributed by atoms with Crippen LogP contribution in [0.15, 0.2) is 60.9 Å². The van der Waals surface area contributed by atoms with Crippen molar-refractivity contribution in [3.8, 4) is 0 Å². The van der Waals surface area contributed by atoms with Gasteiger partial charge in [0.15, 0.2) is 0 Å². The van der Waals surface area contributed by atoms with Gasteiger partial charge in [-0.3, -0.25) is 19.8 Å². The van der Waals surface area contributed by atoms with E-state index in [1.54, 1.807) is 12.4 Å². The minimum absolute atomic E-state index is 0.120. The molecule has 2 aromatic heterocycles. The molecule has 6 aliphatic heterocycles. The Hall–Kier alpha value is -2.87. The number of piperidine rings is 6. The lowest BCUT2D eigenvalue weighted by molar-refractivity contribution is -0.00487. The van der Waals surface area contributed by atoms with Crippen LogP contribution in [0.2, 0.25) is 0 Å². The summed E-state index contributed by atoms with van der Waals surface area (Å²) in [5.41, 5.74) is 5.91. The lowest BCUT2D eigenvalue weighted by Gasteiger charge is -2.51. The third-order valence-corrected chi connectivity index (χ3v) is 13.3. The molecule has 4 bridgehead atoms. The molecule has 4 aromatic rings. The van der Waals surface area contributed by atoms with Gasteiger partial charge in [-0.15, -0.1) is 0 Å². The van der Waals surface area contributed by atoms with Crippen LogP contribution in [0.4, 0.5) is 0 Å². The first-order chi connectivity index (χ1) is 24.6. The van der Waals surface area contributed by atoms with Gasteiger partial charge in [-0.25, -0.2) is 26.3 Å². The molecule has 2 N–H and O–H groups in total. The monoisotopic (exact) mass is 738 g/mol. The lowest BCUT2D eigenvalue weighted by atomic mass is 9.74. The van der Waals surface area contributed by atoms with E-state index in [9.17, 15) is 16.8 Å². The topological polar surface area (TPSA) is 125 Å². The maximum absolute atomic E-state index is 12.0. The molecular weight excluding hydrogens is 690 g/mol. The van der Waals surface area contributed by atoms with E-state index in [0.717, 1.165) is 83.1 Å². The van der Waals surface area contributed by atoms with Gasteiger partial charge in [-0.1, -0.05) is 37.1 Å². The minimum Gasteiger partial charge on any atom is -0.298 e. The van der Waals surface area contributed by atoms with Crippen LogP contribution in [0.5, 0.6) is 0 Å². The second-order valence-electron chi connectivity index (χ2n) is 15.8. The molecule has 2 aromatic carbocycles. The molecule has 6 fully saturated rings. The zero-order valence-electron chi connectivity index (χ0n) is 30.4. The Bertz CT molecular complexity index is 2020. The maximum Gasteiger partial charge on any atom is 0.277 e. The van der Waals surface area contributed by atoms with E-state index in [1.807, 2.05) is 50.2 Å². The zero-order chi connectivity index (χ0) is 36.9. The Kier molecular flexibility index (Phi) is 10.6. The molecule has 0 amide bonds. The van der Waals surface area contributed by atoms with E-state index in [1.165, 1.54) is 12.8 Å². The molecule has 0 saturated carbocycles. The van der Waals surface area contributed by atoms with Gasteiger partial charge in [0.25, 0.3) is 14.2 Å². The van der Waals surface area contributed by atoms with E-state index in [0.29, 0.717) is 23.7 Å². The number of hydrogen-bond donors (Lipinski definition) is 2. The number of aryl methyl sites for hydroxylation is 2. The van der Waals surface area contributed by atoms with Crippen LogP contribution in [-0.4, -0.2) is 89.1 Å². The van der Waals surface area contributed by atoms with Crippen molar-refractivity contribution < 1.29 is 16.8 Å². The highest BCUT2D eigenvalue weighted by atomic mass is 32.2. The van der Waals surface area contributed by atoms with Crippen molar-refractivity contribution >= 4 is 55.8 Å². The largest absolute Gasteiger partial charge is 0.298 e. The summed E-state index contributed by atoms with van der Waals surface area (Å²) >= 11 is 0. The van der Waals surface area contributed by atoms with Gasteiger partial charge in [-0.05, 0) is 124 Å². The molecule has 0 aliphatic carbocycles. The number of nitrogens with one attached hydrogen (secondary N) is 2. The van der Waals surface area contributed by atoms with E-state index in [2.05, 4.69) is 55.2 Å². The molecule has 272 valence electrons. The van der Waals surface area contributed by atoms with Crippen LogP contribution < -0.4 is 9.44 Å². The van der Waals surface area contributed by atoms with Crippen LogP contribution in [0.25, 0.3) is 21.8 Å². The third kappa shape index (κ3) is 8.12. The summed E-state index contributed by atoms with van der Waals surface area (Å²) in [6.45, 7) is 12.7. The first-order valence-electron chi connectivity index (χ1n) is 18.4. The second kappa shape index (κ2) is 14.8. The van der Waals surface area contributed by atoms with Gasteiger partial charge in [-0.2, -0.15) is 0 Å². The summed E-state index contributed by atoms with van der Waals surface area (Å²) in [6, 6.07) is 15.5. The van der Waals surface area contributed by atoms with Gasteiger partial charge in [0.05, 0.1) is 23.1 Å². The van der Waals surface area contributed by atoms with Crippen molar-refractivity contribution in [1.29, 1.82) is 0 Å². The maximum atomic E-state index is 12.0. The Balaban J connectivity index is 0.000000162. The molecule has 10 rings (SSSR count). The van der Waals surface area contributed by atoms with Crippen molar-refractivity contribution in [3.63, 3.8) is 0 Å². The third-order valence-electron chi connectivity index (χ3n) is 12.1. The molecule has 0 spiro atoms.